The van der Waals surface area contributed by atoms with Crippen LogP contribution in [0.1, 0.15) is 78.9 Å². The number of aromatic nitrogens is 1. The smallest absolute Gasteiger partial charge is 0.271 e. The number of benzene rings is 1. The van der Waals surface area contributed by atoms with Gasteiger partial charge >= 0.3 is 0 Å². The Balaban J connectivity index is 1.95. The van der Waals surface area contributed by atoms with Crippen LogP contribution in [0.15, 0.2) is 29.1 Å². The summed E-state index contributed by atoms with van der Waals surface area (Å²) in [6, 6.07) is 8.93. The van der Waals surface area contributed by atoms with Gasteiger partial charge in [0.05, 0.1) is 12.1 Å². The number of nitriles is 1. The Morgan fingerprint density at radius 1 is 1.26 bits per heavy atom. The van der Waals surface area contributed by atoms with Crippen molar-refractivity contribution in [1.82, 2.24) is 4.57 Å². The summed E-state index contributed by atoms with van der Waals surface area (Å²) in [5.74, 6) is -0.0873. The second-order valence-corrected chi connectivity index (χ2v) is 8.92. The van der Waals surface area contributed by atoms with E-state index < -0.39 is 5.56 Å². The lowest BCUT2D eigenvalue weighted by Crippen LogP contribution is -2.29. The predicted octanol–water partition coefficient (Wildman–Crippen LogP) is 5.62. The molecule has 2 aromatic rings. The maximum Gasteiger partial charge on any atom is 0.271 e. The minimum absolute atomic E-state index is 0.0106. The zero-order chi connectivity index (χ0) is 22.5. The summed E-state index contributed by atoms with van der Waals surface area (Å²) in [6.45, 7) is 3.74. The van der Waals surface area contributed by atoms with Crippen molar-refractivity contribution < 1.29 is 9.90 Å². The number of carbonyl (C=O) groups excluding carboxylic acids is 1. The van der Waals surface area contributed by atoms with Crippen molar-refractivity contribution in [1.29, 1.82) is 5.26 Å². The molecule has 0 atom stereocenters. The van der Waals surface area contributed by atoms with Crippen LogP contribution in [0.2, 0.25) is 5.02 Å². The van der Waals surface area contributed by atoms with Crippen LogP contribution in [-0.2, 0) is 6.54 Å². The number of unbranched alkanes of at least 4 members (excludes halogenated alkanes) is 1. The van der Waals surface area contributed by atoms with Gasteiger partial charge < -0.3 is 5.11 Å². The molecule has 1 heterocycles. The molecular weight excluding hydrogens is 412 g/mol. The Bertz CT molecular complexity index is 1060. The summed E-state index contributed by atoms with van der Waals surface area (Å²) in [5, 5.41) is 21.0. The van der Waals surface area contributed by atoms with Gasteiger partial charge in [-0.1, -0.05) is 56.0 Å². The molecule has 0 saturated heterocycles. The molecule has 31 heavy (non-hydrogen) atoms. The van der Waals surface area contributed by atoms with Crippen LogP contribution in [0, 0.1) is 30.1 Å². The van der Waals surface area contributed by atoms with Gasteiger partial charge in [-0.15, -0.1) is 0 Å². The SMILES string of the molecule is CCCCC1CCC(C(=O)c2c(C)c(C#N)c(=O)n(Cc3ccccc3Cl)c2O)CC1. The lowest BCUT2D eigenvalue weighted by atomic mass is 9.76. The molecule has 6 heteroatoms. The first-order valence-electron chi connectivity index (χ1n) is 11.0. The lowest BCUT2D eigenvalue weighted by molar-refractivity contribution is 0.0864. The molecule has 0 amide bonds. The molecular formula is C25H29ClN2O3. The number of pyridine rings is 1. The molecule has 0 aliphatic heterocycles. The minimum atomic E-state index is -0.614. The summed E-state index contributed by atoms with van der Waals surface area (Å²) < 4.78 is 1.09. The number of halogens is 1. The van der Waals surface area contributed by atoms with Crippen molar-refractivity contribution >= 4 is 17.4 Å². The number of aromatic hydroxyl groups is 1. The van der Waals surface area contributed by atoms with Crippen LogP contribution in [0.5, 0.6) is 5.88 Å². The Kier molecular flexibility index (Phi) is 7.56. The molecule has 1 saturated carbocycles. The Hall–Kier alpha value is -2.58. The van der Waals surface area contributed by atoms with Crippen molar-refractivity contribution in [2.24, 2.45) is 11.8 Å². The first kappa shape index (κ1) is 23.1. The second kappa shape index (κ2) is 10.2. The Labute approximate surface area is 188 Å². The maximum atomic E-state index is 13.4. The van der Waals surface area contributed by atoms with E-state index in [1.54, 1.807) is 31.2 Å². The highest BCUT2D eigenvalue weighted by Crippen LogP contribution is 2.36. The van der Waals surface area contributed by atoms with Crippen molar-refractivity contribution in [3.63, 3.8) is 0 Å². The lowest BCUT2D eigenvalue weighted by Gasteiger charge is -2.28. The molecule has 1 aromatic heterocycles. The number of ketones is 1. The first-order valence-corrected chi connectivity index (χ1v) is 11.4. The molecule has 1 aliphatic rings. The van der Waals surface area contributed by atoms with Crippen LogP contribution in [0.3, 0.4) is 0 Å². The second-order valence-electron chi connectivity index (χ2n) is 8.52. The van der Waals surface area contributed by atoms with Crippen LogP contribution in [0.25, 0.3) is 0 Å². The summed E-state index contributed by atoms with van der Waals surface area (Å²) in [4.78, 5) is 26.3. The third-order valence-corrected chi connectivity index (χ3v) is 6.88. The van der Waals surface area contributed by atoms with E-state index in [-0.39, 0.29) is 40.8 Å². The summed E-state index contributed by atoms with van der Waals surface area (Å²) in [6.07, 6.45) is 7.14. The average molecular weight is 441 g/mol. The van der Waals surface area contributed by atoms with E-state index in [2.05, 4.69) is 6.92 Å². The quantitative estimate of drug-likeness (QED) is 0.566. The number of hydrogen-bond donors (Lipinski definition) is 1. The third-order valence-electron chi connectivity index (χ3n) is 6.52. The predicted molar refractivity (Wildman–Crippen MR) is 122 cm³/mol. The van der Waals surface area contributed by atoms with E-state index in [0.29, 0.717) is 16.5 Å². The van der Waals surface area contributed by atoms with Gasteiger partial charge in [0, 0.05) is 10.9 Å². The molecule has 0 unspecified atom stereocenters. The van der Waals surface area contributed by atoms with Crippen molar-refractivity contribution in [2.75, 3.05) is 0 Å². The van der Waals surface area contributed by atoms with E-state index in [9.17, 15) is 20.0 Å². The molecule has 3 rings (SSSR count). The van der Waals surface area contributed by atoms with Gasteiger partial charge in [0.15, 0.2) is 5.78 Å². The normalized spacial score (nSPS) is 18.5. The zero-order valence-corrected chi connectivity index (χ0v) is 18.9. The molecule has 0 spiro atoms. The van der Waals surface area contributed by atoms with E-state index >= 15 is 0 Å². The molecule has 5 nitrogen and oxygen atoms in total. The molecule has 0 bridgehead atoms. The fourth-order valence-corrected chi connectivity index (χ4v) is 4.80. The van der Waals surface area contributed by atoms with Gasteiger partial charge in [-0.05, 0) is 55.7 Å². The van der Waals surface area contributed by atoms with E-state index in [4.69, 9.17) is 11.6 Å². The largest absolute Gasteiger partial charge is 0.494 e. The summed E-state index contributed by atoms with van der Waals surface area (Å²) in [7, 11) is 0. The molecule has 1 aromatic carbocycles. The van der Waals surface area contributed by atoms with Crippen molar-refractivity contribution in [3.8, 4) is 11.9 Å². The van der Waals surface area contributed by atoms with Crippen molar-refractivity contribution in [2.45, 2.75) is 65.3 Å². The van der Waals surface area contributed by atoms with E-state index in [1.165, 1.54) is 19.3 Å². The molecule has 164 valence electrons. The van der Waals surface area contributed by atoms with Crippen LogP contribution < -0.4 is 5.56 Å². The van der Waals surface area contributed by atoms with Gasteiger partial charge in [0.1, 0.15) is 11.6 Å². The number of Topliss-reactive ketones (excluding diaryl/α,β-unsaturated/α-hetero) is 1. The average Bonchev–Trinajstić information content (AvgIpc) is 2.77. The third kappa shape index (κ3) is 4.85. The summed E-state index contributed by atoms with van der Waals surface area (Å²) in [5.41, 5.74) is 0.268. The fourth-order valence-electron chi connectivity index (χ4n) is 4.60. The Morgan fingerprint density at radius 2 is 1.94 bits per heavy atom. The monoisotopic (exact) mass is 440 g/mol. The minimum Gasteiger partial charge on any atom is -0.494 e. The number of rotatable bonds is 7. The molecule has 1 aliphatic carbocycles. The van der Waals surface area contributed by atoms with Crippen molar-refractivity contribution in [3.05, 3.63) is 61.9 Å². The van der Waals surface area contributed by atoms with Gasteiger partial charge in [-0.25, -0.2) is 0 Å². The highest BCUT2D eigenvalue weighted by molar-refractivity contribution is 6.31. The maximum absolute atomic E-state index is 13.4. The van der Waals surface area contributed by atoms with Crippen LogP contribution in [0.4, 0.5) is 0 Å². The van der Waals surface area contributed by atoms with E-state index in [0.717, 1.165) is 30.3 Å². The van der Waals surface area contributed by atoms with Gasteiger partial charge in [0.25, 0.3) is 5.56 Å². The van der Waals surface area contributed by atoms with Crippen LogP contribution >= 0.6 is 11.6 Å². The molecule has 1 fully saturated rings. The van der Waals surface area contributed by atoms with Crippen LogP contribution in [-0.4, -0.2) is 15.5 Å². The highest BCUT2D eigenvalue weighted by Gasteiger charge is 2.32. The highest BCUT2D eigenvalue weighted by atomic mass is 35.5. The van der Waals surface area contributed by atoms with Gasteiger partial charge in [-0.3, -0.25) is 14.2 Å². The zero-order valence-electron chi connectivity index (χ0n) is 18.2. The number of hydrogen-bond acceptors (Lipinski definition) is 4. The van der Waals surface area contributed by atoms with E-state index in [1.807, 2.05) is 6.07 Å². The number of carbonyl (C=O) groups is 1. The Morgan fingerprint density at radius 3 is 2.55 bits per heavy atom. The number of nitrogens with zero attached hydrogens (tertiary/aromatic N) is 2. The first-order chi connectivity index (χ1) is 14.9. The van der Waals surface area contributed by atoms with Gasteiger partial charge in [0.2, 0.25) is 5.88 Å². The standard InChI is InChI=1S/C25H29ClN2O3/c1-3-4-7-17-10-12-18(13-11-17)23(29)22-16(2)20(14-27)24(30)28(25(22)31)15-19-8-5-6-9-21(19)26/h5-6,8-9,17-18,31H,3-4,7,10-13,15H2,1-2H3. The van der Waals surface area contributed by atoms with Gasteiger partial charge in [-0.2, -0.15) is 5.26 Å². The summed E-state index contributed by atoms with van der Waals surface area (Å²) >= 11 is 6.23. The molecule has 0 radical (unpaired) electrons. The topological polar surface area (TPSA) is 83.1 Å². The molecule has 1 N–H and O–H groups in total. The fraction of sp³-hybridized carbons (Fsp3) is 0.480.